The van der Waals surface area contributed by atoms with Crippen molar-refractivity contribution in [2.24, 2.45) is 0 Å². The summed E-state index contributed by atoms with van der Waals surface area (Å²) in [4.78, 5) is 10.5. The normalized spacial score (nSPS) is 9.84. The Morgan fingerprint density at radius 3 is 2.28 bits per heavy atom. The van der Waals surface area contributed by atoms with Gasteiger partial charge in [0, 0.05) is 19.1 Å². The number of carbonyl (C=O) groups excluding carboxylic acids is 1. The van der Waals surface area contributed by atoms with Crippen molar-refractivity contribution < 1.29 is 29.6 Å². The molecule has 2 aromatic carbocycles. The van der Waals surface area contributed by atoms with Crippen molar-refractivity contribution in [3.05, 3.63) is 53.6 Å². The minimum Gasteiger partial charge on any atom is -0.504 e. The summed E-state index contributed by atoms with van der Waals surface area (Å²) in [6.07, 6.45) is 0.866. The molecule has 6 heteroatoms. The monoisotopic (exact) mass is 348 g/mol. The topological polar surface area (TPSA) is 96.2 Å². The Labute approximate surface area is 147 Å². The lowest BCUT2D eigenvalue weighted by molar-refractivity contribution is -0.144. The smallest absolute Gasteiger partial charge is 0.308 e. The molecule has 0 bridgehead atoms. The zero-order valence-electron chi connectivity index (χ0n) is 14.4. The molecule has 0 atom stereocenters. The molecule has 2 aromatic rings. The summed E-state index contributed by atoms with van der Waals surface area (Å²) >= 11 is 0. The first-order valence-corrected chi connectivity index (χ1v) is 7.90. The van der Waals surface area contributed by atoms with E-state index in [1.54, 1.807) is 20.1 Å². The van der Waals surface area contributed by atoms with E-state index in [0.29, 0.717) is 31.6 Å². The number of hydrogen-bond acceptors (Lipinski definition) is 6. The van der Waals surface area contributed by atoms with Crippen LogP contribution >= 0.6 is 0 Å². The zero-order valence-corrected chi connectivity index (χ0v) is 14.4. The van der Waals surface area contributed by atoms with E-state index in [4.69, 9.17) is 0 Å². The Morgan fingerprint density at radius 1 is 1.00 bits per heavy atom. The zero-order chi connectivity index (χ0) is 18.7. The SMILES string of the molecule is CCOC(=O)CCOC.Oc1ccc(Cc2ccccc2)c(O)c1O. The van der Waals surface area contributed by atoms with Gasteiger partial charge in [-0.15, -0.1) is 0 Å². The predicted octanol–water partition coefficient (Wildman–Crippen LogP) is 2.98. The van der Waals surface area contributed by atoms with Gasteiger partial charge in [-0.3, -0.25) is 4.79 Å². The summed E-state index contributed by atoms with van der Waals surface area (Å²) in [6.45, 7) is 2.67. The van der Waals surface area contributed by atoms with Crippen LogP contribution in [0.4, 0.5) is 0 Å². The standard InChI is InChI=1S/C13H12O3.C6H12O3/c14-11-7-6-10(12(15)13(11)16)8-9-4-2-1-3-5-9;1-3-9-6(7)4-5-8-2/h1-7,14-16H,8H2;3-5H2,1-2H3. The number of phenols is 3. The van der Waals surface area contributed by atoms with E-state index in [0.717, 1.165) is 5.56 Å². The fourth-order valence-electron chi connectivity index (χ4n) is 1.99. The van der Waals surface area contributed by atoms with Gasteiger partial charge in [0.15, 0.2) is 11.5 Å². The number of carbonyl (C=O) groups is 1. The molecule has 0 saturated carbocycles. The van der Waals surface area contributed by atoms with Gasteiger partial charge in [0.2, 0.25) is 5.75 Å². The second kappa shape index (κ2) is 10.9. The van der Waals surface area contributed by atoms with Crippen LogP contribution in [0.3, 0.4) is 0 Å². The van der Waals surface area contributed by atoms with E-state index in [1.807, 2.05) is 30.3 Å². The van der Waals surface area contributed by atoms with Crippen LogP contribution in [0, 0.1) is 0 Å². The van der Waals surface area contributed by atoms with Crippen LogP contribution in [0.5, 0.6) is 17.2 Å². The maximum atomic E-state index is 10.5. The van der Waals surface area contributed by atoms with Gasteiger partial charge >= 0.3 is 5.97 Å². The number of esters is 1. The molecule has 0 aromatic heterocycles. The van der Waals surface area contributed by atoms with Gasteiger partial charge in [-0.1, -0.05) is 36.4 Å². The van der Waals surface area contributed by atoms with Crippen LogP contribution in [0.1, 0.15) is 24.5 Å². The number of hydrogen-bond donors (Lipinski definition) is 3. The molecule has 25 heavy (non-hydrogen) atoms. The minimum absolute atomic E-state index is 0.195. The Kier molecular flexibility index (Phi) is 8.89. The van der Waals surface area contributed by atoms with Crippen molar-refractivity contribution in [1.29, 1.82) is 0 Å². The van der Waals surface area contributed by atoms with Gasteiger partial charge in [0.1, 0.15) is 0 Å². The van der Waals surface area contributed by atoms with Gasteiger partial charge in [-0.2, -0.15) is 0 Å². The summed E-state index contributed by atoms with van der Waals surface area (Å²) in [7, 11) is 1.55. The van der Waals surface area contributed by atoms with Crippen LogP contribution in [-0.2, 0) is 20.7 Å². The third kappa shape index (κ3) is 7.14. The number of ether oxygens (including phenoxy) is 2. The molecule has 0 radical (unpaired) electrons. The number of phenolic OH excluding ortho intramolecular Hbond substituents is 3. The van der Waals surface area contributed by atoms with Gasteiger partial charge in [0.25, 0.3) is 0 Å². The Bertz CT molecular complexity index is 654. The highest BCUT2D eigenvalue weighted by Crippen LogP contribution is 2.37. The van der Waals surface area contributed by atoms with Crippen LogP contribution < -0.4 is 0 Å². The van der Waals surface area contributed by atoms with E-state index in [-0.39, 0.29) is 17.5 Å². The molecule has 136 valence electrons. The number of aromatic hydroxyl groups is 3. The largest absolute Gasteiger partial charge is 0.504 e. The van der Waals surface area contributed by atoms with Crippen molar-refractivity contribution in [2.45, 2.75) is 19.8 Å². The van der Waals surface area contributed by atoms with Crippen molar-refractivity contribution in [1.82, 2.24) is 0 Å². The first-order chi connectivity index (χ1) is 12.0. The highest BCUT2D eigenvalue weighted by atomic mass is 16.5. The molecule has 0 unspecified atom stereocenters. The quantitative estimate of drug-likeness (QED) is 0.549. The molecule has 0 heterocycles. The van der Waals surface area contributed by atoms with E-state index in [2.05, 4.69) is 9.47 Å². The lowest BCUT2D eigenvalue weighted by atomic mass is 10.0. The predicted molar refractivity (Wildman–Crippen MR) is 93.8 cm³/mol. The molecule has 0 saturated heterocycles. The molecule has 3 N–H and O–H groups in total. The van der Waals surface area contributed by atoms with Crippen LogP contribution in [0.2, 0.25) is 0 Å². The molecule has 0 spiro atoms. The average molecular weight is 348 g/mol. The van der Waals surface area contributed by atoms with E-state index >= 15 is 0 Å². The first-order valence-electron chi connectivity index (χ1n) is 7.90. The van der Waals surface area contributed by atoms with E-state index in [9.17, 15) is 20.1 Å². The summed E-state index contributed by atoms with van der Waals surface area (Å²) in [5.41, 5.74) is 1.62. The van der Waals surface area contributed by atoms with Crippen molar-refractivity contribution in [3.63, 3.8) is 0 Å². The Balaban J connectivity index is 0.000000299. The summed E-state index contributed by atoms with van der Waals surface area (Å²) in [6, 6.07) is 12.6. The molecule has 0 aliphatic rings. The molecule has 0 fully saturated rings. The van der Waals surface area contributed by atoms with Crippen LogP contribution in [-0.4, -0.2) is 41.6 Å². The maximum Gasteiger partial charge on any atom is 0.308 e. The second-order valence-electron chi connectivity index (χ2n) is 5.15. The maximum absolute atomic E-state index is 10.5. The molecular formula is C19H24O6. The summed E-state index contributed by atoms with van der Waals surface area (Å²) < 4.78 is 9.28. The molecule has 6 nitrogen and oxygen atoms in total. The Morgan fingerprint density at radius 2 is 1.68 bits per heavy atom. The number of methoxy groups -OCH3 is 1. The molecular weight excluding hydrogens is 324 g/mol. The molecule has 0 aliphatic carbocycles. The third-order valence-corrected chi connectivity index (χ3v) is 3.27. The van der Waals surface area contributed by atoms with Gasteiger partial charge in [-0.05, 0) is 18.6 Å². The molecule has 0 aliphatic heterocycles. The number of benzene rings is 2. The summed E-state index contributed by atoms with van der Waals surface area (Å²) in [5, 5.41) is 28.2. The van der Waals surface area contributed by atoms with Crippen LogP contribution in [0.25, 0.3) is 0 Å². The average Bonchev–Trinajstić information content (AvgIpc) is 2.62. The van der Waals surface area contributed by atoms with Crippen LogP contribution in [0.15, 0.2) is 42.5 Å². The first kappa shape index (κ1) is 20.3. The minimum atomic E-state index is -0.464. The van der Waals surface area contributed by atoms with Crippen molar-refractivity contribution >= 4 is 5.97 Å². The molecule has 2 rings (SSSR count). The highest BCUT2D eigenvalue weighted by Gasteiger charge is 2.10. The van der Waals surface area contributed by atoms with E-state index < -0.39 is 5.75 Å². The van der Waals surface area contributed by atoms with Gasteiger partial charge in [-0.25, -0.2) is 0 Å². The summed E-state index contributed by atoms with van der Waals surface area (Å²) in [5.74, 6) is -1.23. The Hall–Kier alpha value is -2.73. The highest BCUT2D eigenvalue weighted by molar-refractivity contribution is 5.69. The lowest BCUT2D eigenvalue weighted by Crippen LogP contribution is -2.06. The lowest BCUT2D eigenvalue weighted by Gasteiger charge is -2.07. The van der Waals surface area contributed by atoms with Crippen molar-refractivity contribution in [3.8, 4) is 17.2 Å². The number of rotatable bonds is 6. The van der Waals surface area contributed by atoms with Crippen molar-refractivity contribution in [2.75, 3.05) is 20.3 Å². The van der Waals surface area contributed by atoms with Gasteiger partial charge < -0.3 is 24.8 Å². The fourth-order valence-corrected chi connectivity index (χ4v) is 1.99. The van der Waals surface area contributed by atoms with E-state index in [1.165, 1.54) is 6.07 Å². The third-order valence-electron chi connectivity index (χ3n) is 3.27. The molecule has 0 amide bonds. The van der Waals surface area contributed by atoms with Gasteiger partial charge in [0.05, 0.1) is 19.6 Å². The fraction of sp³-hybridized carbons (Fsp3) is 0.316. The second-order valence-corrected chi connectivity index (χ2v) is 5.15.